The lowest BCUT2D eigenvalue weighted by Crippen LogP contribution is -2.52. The smallest absolute Gasteiger partial charge is 0.339 e. The quantitative estimate of drug-likeness (QED) is 0.819. The Morgan fingerprint density at radius 2 is 2.12 bits per heavy atom. The van der Waals surface area contributed by atoms with E-state index in [1.54, 1.807) is 36.9 Å². The molecule has 26 heavy (non-hydrogen) atoms. The molecule has 6 heteroatoms. The van der Waals surface area contributed by atoms with E-state index >= 15 is 0 Å². The molecule has 2 aromatic carbocycles. The summed E-state index contributed by atoms with van der Waals surface area (Å²) in [6.45, 7) is 1.63. The molecule has 4 rings (SSSR count). The van der Waals surface area contributed by atoms with Crippen LogP contribution in [-0.4, -0.2) is 23.2 Å². The number of carbonyl (C=O) groups is 2. The first-order valence-electron chi connectivity index (χ1n) is 8.51. The van der Waals surface area contributed by atoms with E-state index in [4.69, 9.17) is 4.74 Å². The maximum atomic E-state index is 13.7. The van der Waals surface area contributed by atoms with E-state index in [-0.39, 0.29) is 17.8 Å². The molecule has 1 amide bonds. The van der Waals surface area contributed by atoms with Crippen molar-refractivity contribution in [1.82, 2.24) is 5.32 Å². The van der Waals surface area contributed by atoms with Crippen LogP contribution in [0.2, 0.25) is 0 Å². The number of rotatable bonds is 2. The molecular weight excluding hydrogens is 353 g/mol. The molecule has 2 heterocycles. The first kappa shape index (κ1) is 17.1. The van der Waals surface area contributed by atoms with Crippen LogP contribution in [-0.2, 0) is 16.0 Å². The van der Waals surface area contributed by atoms with E-state index in [1.807, 2.05) is 12.1 Å². The van der Waals surface area contributed by atoms with Gasteiger partial charge in [0.1, 0.15) is 5.82 Å². The van der Waals surface area contributed by atoms with E-state index in [0.29, 0.717) is 18.4 Å². The first-order chi connectivity index (χ1) is 12.5. The highest BCUT2D eigenvalue weighted by molar-refractivity contribution is 7.99. The maximum Gasteiger partial charge on any atom is 0.339 e. The largest absolute Gasteiger partial charge is 0.445 e. The van der Waals surface area contributed by atoms with Crippen molar-refractivity contribution >= 4 is 23.6 Å². The molecule has 134 valence electrons. The van der Waals surface area contributed by atoms with Crippen LogP contribution in [0.25, 0.3) is 0 Å². The molecule has 4 nitrogen and oxygen atoms in total. The molecule has 2 aliphatic rings. The van der Waals surface area contributed by atoms with Crippen LogP contribution in [0.15, 0.2) is 47.4 Å². The molecule has 0 spiro atoms. The summed E-state index contributed by atoms with van der Waals surface area (Å²) in [4.78, 5) is 26.2. The molecule has 0 aliphatic carbocycles. The summed E-state index contributed by atoms with van der Waals surface area (Å²) < 4.78 is 19.1. The predicted octanol–water partition coefficient (Wildman–Crippen LogP) is 3.65. The Hall–Kier alpha value is -2.34. The van der Waals surface area contributed by atoms with Crippen molar-refractivity contribution in [2.45, 2.75) is 36.3 Å². The molecule has 0 radical (unpaired) electrons. The minimum atomic E-state index is -1.27. The van der Waals surface area contributed by atoms with Gasteiger partial charge in [-0.3, -0.25) is 4.79 Å². The van der Waals surface area contributed by atoms with Gasteiger partial charge in [-0.2, -0.15) is 0 Å². The van der Waals surface area contributed by atoms with E-state index in [0.717, 1.165) is 21.8 Å². The predicted molar refractivity (Wildman–Crippen MR) is 96.6 cm³/mol. The summed E-state index contributed by atoms with van der Waals surface area (Å²) in [6, 6.07) is 11.5. The van der Waals surface area contributed by atoms with Crippen molar-refractivity contribution in [3.05, 3.63) is 65.0 Å². The van der Waals surface area contributed by atoms with Gasteiger partial charge >= 0.3 is 5.97 Å². The van der Waals surface area contributed by atoms with E-state index in [1.165, 1.54) is 12.1 Å². The van der Waals surface area contributed by atoms with Crippen LogP contribution in [0.5, 0.6) is 0 Å². The number of amides is 1. The fraction of sp³-hybridized carbons (Fsp3) is 0.300. The van der Waals surface area contributed by atoms with Gasteiger partial charge < -0.3 is 10.1 Å². The van der Waals surface area contributed by atoms with Crippen LogP contribution >= 0.6 is 11.8 Å². The maximum absolute atomic E-state index is 13.7. The van der Waals surface area contributed by atoms with Crippen LogP contribution in [0.4, 0.5) is 4.39 Å². The van der Waals surface area contributed by atoms with Gasteiger partial charge in [0, 0.05) is 17.1 Å². The van der Waals surface area contributed by atoms with Crippen molar-refractivity contribution in [2.75, 3.05) is 5.75 Å². The molecule has 0 unspecified atom stereocenters. The van der Waals surface area contributed by atoms with Gasteiger partial charge in [-0.25, -0.2) is 9.18 Å². The lowest BCUT2D eigenvalue weighted by Gasteiger charge is -2.35. The summed E-state index contributed by atoms with van der Waals surface area (Å²) in [6.07, 6.45) is 1.02. The molecule has 2 atom stereocenters. The highest BCUT2D eigenvalue weighted by atomic mass is 32.2. The monoisotopic (exact) mass is 371 g/mol. The molecule has 1 N–H and O–H groups in total. The van der Waals surface area contributed by atoms with Crippen molar-refractivity contribution < 1.29 is 18.7 Å². The zero-order valence-corrected chi connectivity index (χ0v) is 15.1. The lowest BCUT2D eigenvalue weighted by atomic mass is 9.88. The van der Waals surface area contributed by atoms with Crippen LogP contribution in [0.3, 0.4) is 0 Å². The average molecular weight is 371 g/mol. The Labute approximate surface area is 155 Å². The number of benzene rings is 2. The third-order valence-electron chi connectivity index (χ3n) is 4.88. The average Bonchev–Trinajstić information content (AvgIpc) is 2.62. The molecule has 0 aromatic heterocycles. The Balaban J connectivity index is 1.58. The zero-order chi connectivity index (χ0) is 18.3. The summed E-state index contributed by atoms with van der Waals surface area (Å²) in [5.41, 5.74) is 0.802. The number of fused-ring (bicyclic) bond motifs is 2. The van der Waals surface area contributed by atoms with Gasteiger partial charge in [0.2, 0.25) is 0 Å². The summed E-state index contributed by atoms with van der Waals surface area (Å²) in [7, 11) is 0. The fourth-order valence-electron chi connectivity index (χ4n) is 3.49. The molecule has 0 saturated heterocycles. The highest BCUT2D eigenvalue weighted by Gasteiger charge is 2.43. The standard InChI is InChI=1S/C20H18FNO3S/c1-20(11-12-4-2-3-5-14(12)18(23)25-20)19(24)22-16-8-9-26-17-7-6-13(21)10-15(16)17/h2-7,10,16H,8-9,11H2,1H3,(H,22,24)/t16-,20-/m0/s1. The third kappa shape index (κ3) is 2.98. The van der Waals surface area contributed by atoms with Gasteiger partial charge in [0.05, 0.1) is 11.6 Å². The van der Waals surface area contributed by atoms with Gasteiger partial charge in [-0.15, -0.1) is 11.8 Å². The second kappa shape index (κ2) is 6.43. The second-order valence-corrected chi connectivity index (χ2v) is 7.94. The number of nitrogens with one attached hydrogen (secondary N) is 1. The van der Waals surface area contributed by atoms with E-state index in [9.17, 15) is 14.0 Å². The minimum Gasteiger partial charge on any atom is -0.445 e. The number of hydrogen-bond donors (Lipinski definition) is 1. The van der Waals surface area contributed by atoms with Gasteiger partial charge in [0.15, 0.2) is 5.60 Å². The molecule has 0 saturated carbocycles. The van der Waals surface area contributed by atoms with Gasteiger partial charge in [-0.05, 0) is 48.7 Å². The van der Waals surface area contributed by atoms with Crippen LogP contribution in [0, 0.1) is 5.82 Å². The molecule has 2 aliphatic heterocycles. The lowest BCUT2D eigenvalue weighted by molar-refractivity contribution is -0.140. The number of hydrogen-bond acceptors (Lipinski definition) is 4. The molecule has 2 aromatic rings. The minimum absolute atomic E-state index is 0.290. The van der Waals surface area contributed by atoms with E-state index in [2.05, 4.69) is 5.32 Å². The van der Waals surface area contributed by atoms with Crippen molar-refractivity contribution in [3.63, 3.8) is 0 Å². The van der Waals surface area contributed by atoms with Crippen molar-refractivity contribution in [1.29, 1.82) is 0 Å². The summed E-state index contributed by atoms with van der Waals surface area (Å²) in [5, 5.41) is 2.97. The number of carbonyl (C=O) groups excluding carboxylic acids is 2. The molecule has 0 bridgehead atoms. The van der Waals surface area contributed by atoms with Crippen LogP contribution < -0.4 is 5.32 Å². The first-order valence-corrected chi connectivity index (χ1v) is 9.49. The number of esters is 1. The summed E-state index contributed by atoms with van der Waals surface area (Å²) >= 11 is 1.65. The number of ether oxygens (including phenoxy) is 1. The second-order valence-electron chi connectivity index (χ2n) is 6.80. The van der Waals surface area contributed by atoms with Crippen molar-refractivity contribution in [2.24, 2.45) is 0 Å². The Morgan fingerprint density at radius 1 is 1.31 bits per heavy atom. The summed E-state index contributed by atoms with van der Waals surface area (Å²) in [5.74, 6) is -0.333. The Morgan fingerprint density at radius 3 is 2.96 bits per heavy atom. The topological polar surface area (TPSA) is 55.4 Å². The SMILES string of the molecule is C[C@@]1(C(=O)N[C@H]2CCSc3ccc(F)cc32)Cc2ccccc2C(=O)O1. The normalized spacial score (nSPS) is 24.2. The molecule has 0 fully saturated rings. The number of thioether (sulfide) groups is 1. The van der Waals surface area contributed by atoms with Gasteiger partial charge in [-0.1, -0.05) is 18.2 Å². The molecular formula is C20H18FNO3S. The third-order valence-corrected chi connectivity index (χ3v) is 6.00. The zero-order valence-electron chi connectivity index (χ0n) is 14.3. The van der Waals surface area contributed by atoms with E-state index < -0.39 is 11.6 Å². The van der Waals surface area contributed by atoms with Crippen LogP contribution in [0.1, 0.15) is 40.9 Å². The fourth-order valence-corrected chi connectivity index (χ4v) is 4.59. The number of cyclic esters (lactones) is 1. The van der Waals surface area contributed by atoms with Gasteiger partial charge in [0.25, 0.3) is 5.91 Å². The highest BCUT2D eigenvalue weighted by Crippen LogP contribution is 2.37. The number of halogens is 1. The Kier molecular flexibility index (Phi) is 4.23. The Bertz CT molecular complexity index is 900. The van der Waals surface area contributed by atoms with Crippen molar-refractivity contribution in [3.8, 4) is 0 Å².